The maximum atomic E-state index is 12.5. The van der Waals surface area contributed by atoms with Crippen molar-refractivity contribution < 1.29 is 14.3 Å². The van der Waals surface area contributed by atoms with E-state index in [2.05, 4.69) is 0 Å². The Morgan fingerprint density at radius 1 is 1.23 bits per heavy atom. The molecule has 5 heteroatoms. The Kier molecular flexibility index (Phi) is 5.08. The van der Waals surface area contributed by atoms with Gasteiger partial charge in [-0.3, -0.25) is 4.79 Å². The molecule has 2 heterocycles. The number of carbonyl (C=O) groups is 1. The molecular weight excluding hydrogens is 280 g/mol. The van der Waals surface area contributed by atoms with Gasteiger partial charge in [-0.25, -0.2) is 0 Å². The number of hydrogen-bond acceptors (Lipinski definition) is 4. The summed E-state index contributed by atoms with van der Waals surface area (Å²) in [4.78, 5) is 14.4. The highest BCUT2D eigenvalue weighted by Crippen LogP contribution is 2.22. The summed E-state index contributed by atoms with van der Waals surface area (Å²) in [6.45, 7) is 2.64. The van der Waals surface area contributed by atoms with Crippen molar-refractivity contribution in [1.82, 2.24) is 4.90 Å². The highest BCUT2D eigenvalue weighted by atomic mass is 16.5. The van der Waals surface area contributed by atoms with Gasteiger partial charge < -0.3 is 20.1 Å². The van der Waals surface area contributed by atoms with Gasteiger partial charge >= 0.3 is 0 Å². The lowest BCUT2D eigenvalue weighted by Gasteiger charge is -2.35. The molecule has 0 saturated carbocycles. The van der Waals surface area contributed by atoms with Gasteiger partial charge in [0.25, 0.3) is 0 Å². The number of hydrogen-bond donors (Lipinski definition) is 1. The van der Waals surface area contributed by atoms with Crippen LogP contribution in [0.4, 0.5) is 0 Å². The molecule has 0 aromatic heterocycles. The molecule has 2 aliphatic heterocycles. The van der Waals surface area contributed by atoms with Crippen LogP contribution in [0.15, 0.2) is 30.3 Å². The maximum Gasteiger partial charge on any atom is 0.224 e. The molecule has 3 rings (SSSR count). The average Bonchev–Trinajstić information content (AvgIpc) is 3.10. The average molecular weight is 304 g/mol. The highest BCUT2D eigenvalue weighted by molar-refractivity contribution is 5.77. The van der Waals surface area contributed by atoms with Crippen LogP contribution in [0.1, 0.15) is 30.9 Å². The number of nitrogens with two attached hydrogens (primary N) is 1. The largest absolute Gasteiger partial charge is 0.375 e. The zero-order valence-electron chi connectivity index (χ0n) is 12.8. The van der Waals surface area contributed by atoms with Crippen molar-refractivity contribution in [2.24, 2.45) is 5.73 Å². The molecule has 0 bridgehead atoms. The standard InChI is InChI=1S/C17H24N2O3/c18-14(13-5-2-1-3-6-13)11-17(20)19-8-10-22-16(12-19)15-7-4-9-21-15/h1-3,5-6,14-16H,4,7-12,18H2/t14-,15+,16+/m1/s1. The summed E-state index contributed by atoms with van der Waals surface area (Å²) in [6.07, 6.45) is 2.59. The smallest absolute Gasteiger partial charge is 0.224 e. The molecule has 1 aromatic rings. The maximum absolute atomic E-state index is 12.5. The molecule has 2 saturated heterocycles. The Morgan fingerprint density at radius 3 is 2.73 bits per heavy atom. The van der Waals surface area contributed by atoms with Crippen LogP contribution in [0.5, 0.6) is 0 Å². The molecule has 2 fully saturated rings. The van der Waals surface area contributed by atoms with E-state index in [-0.39, 0.29) is 24.2 Å². The van der Waals surface area contributed by atoms with Crippen molar-refractivity contribution in [3.63, 3.8) is 0 Å². The number of nitrogens with zero attached hydrogens (tertiary/aromatic N) is 1. The van der Waals surface area contributed by atoms with Gasteiger partial charge in [0.15, 0.2) is 0 Å². The molecule has 0 spiro atoms. The minimum absolute atomic E-state index is 0.00755. The summed E-state index contributed by atoms with van der Waals surface area (Å²) >= 11 is 0. The summed E-state index contributed by atoms with van der Waals surface area (Å²) in [5, 5.41) is 0. The molecular formula is C17H24N2O3. The van der Waals surface area contributed by atoms with Gasteiger partial charge in [0.2, 0.25) is 5.91 Å². The van der Waals surface area contributed by atoms with E-state index in [1.54, 1.807) is 0 Å². The molecule has 2 N–H and O–H groups in total. The molecule has 120 valence electrons. The van der Waals surface area contributed by atoms with Gasteiger partial charge in [0.05, 0.1) is 12.7 Å². The van der Waals surface area contributed by atoms with Crippen LogP contribution in [-0.2, 0) is 14.3 Å². The summed E-state index contributed by atoms with van der Waals surface area (Å²) < 4.78 is 11.5. The molecule has 1 amide bonds. The van der Waals surface area contributed by atoms with Crippen molar-refractivity contribution >= 4 is 5.91 Å². The molecule has 5 nitrogen and oxygen atoms in total. The Balaban J connectivity index is 1.55. The van der Waals surface area contributed by atoms with Crippen molar-refractivity contribution in [2.45, 2.75) is 37.5 Å². The fourth-order valence-corrected chi connectivity index (χ4v) is 3.16. The van der Waals surface area contributed by atoms with Crippen molar-refractivity contribution in [3.05, 3.63) is 35.9 Å². The Morgan fingerprint density at radius 2 is 2.00 bits per heavy atom. The van der Waals surface area contributed by atoms with E-state index in [1.165, 1.54) is 0 Å². The number of benzene rings is 1. The van der Waals surface area contributed by atoms with Crippen molar-refractivity contribution in [2.75, 3.05) is 26.3 Å². The first-order chi connectivity index (χ1) is 10.7. The number of carbonyl (C=O) groups excluding carboxylic acids is 1. The second kappa shape index (κ2) is 7.22. The minimum Gasteiger partial charge on any atom is -0.375 e. The van der Waals surface area contributed by atoms with Crippen LogP contribution < -0.4 is 5.73 Å². The van der Waals surface area contributed by atoms with Gasteiger partial charge in [-0.15, -0.1) is 0 Å². The van der Waals surface area contributed by atoms with Gasteiger partial charge in [0, 0.05) is 32.2 Å². The lowest BCUT2D eigenvalue weighted by atomic mass is 10.0. The second-order valence-electron chi connectivity index (χ2n) is 6.02. The van der Waals surface area contributed by atoms with Gasteiger partial charge in [-0.2, -0.15) is 0 Å². The van der Waals surface area contributed by atoms with Gasteiger partial charge in [-0.1, -0.05) is 30.3 Å². The van der Waals surface area contributed by atoms with E-state index in [0.29, 0.717) is 26.1 Å². The lowest BCUT2D eigenvalue weighted by molar-refractivity contribution is -0.145. The summed E-state index contributed by atoms with van der Waals surface area (Å²) in [7, 11) is 0. The molecule has 0 aliphatic carbocycles. The van der Waals surface area contributed by atoms with E-state index in [1.807, 2.05) is 35.2 Å². The predicted octanol–water partition coefficient (Wildman–Crippen LogP) is 1.48. The van der Waals surface area contributed by atoms with Crippen LogP contribution in [-0.4, -0.2) is 49.3 Å². The quantitative estimate of drug-likeness (QED) is 0.915. The molecule has 1 aromatic carbocycles. The summed E-state index contributed by atoms with van der Waals surface area (Å²) in [5.74, 6) is 0.0997. The molecule has 2 aliphatic rings. The second-order valence-corrected chi connectivity index (χ2v) is 6.02. The number of rotatable bonds is 4. The van der Waals surface area contributed by atoms with Crippen molar-refractivity contribution in [3.8, 4) is 0 Å². The Labute approximate surface area is 131 Å². The SMILES string of the molecule is N[C@H](CC(=O)N1CCO[C@H]([C@@H]2CCCO2)C1)c1ccccc1. The normalized spacial score (nSPS) is 26.9. The van der Waals surface area contributed by atoms with Crippen LogP contribution >= 0.6 is 0 Å². The Hall–Kier alpha value is -1.43. The van der Waals surface area contributed by atoms with E-state index in [4.69, 9.17) is 15.2 Å². The van der Waals surface area contributed by atoms with E-state index in [9.17, 15) is 4.79 Å². The predicted molar refractivity (Wildman–Crippen MR) is 83.3 cm³/mol. The first-order valence-electron chi connectivity index (χ1n) is 8.05. The third-order valence-corrected chi connectivity index (χ3v) is 4.45. The van der Waals surface area contributed by atoms with E-state index < -0.39 is 0 Å². The third kappa shape index (κ3) is 3.66. The molecule has 0 radical (unpaired) electrons. The van der Waals surface area contributed by atoms with Gasteiger partial charge in [0.1, 0.15) is 6.10 Å². The first-order valence-corrected chi connectivity index (χ1v) is 8.05. The summed E-state index contributed by atoms with van der Waals surface area (Å²) in [5.41, 5.74) is 7.16. The topological polar surface area (TPSA) is 64.8 Å². The van der Waals surface area contributed by atoms with Crippen LogP contribution in [0.3, 0.4) is 0 Å². The van der Waals surface area contributed by atoms with E-state index in [0.717, 1.165) is 25.0 Å². The van der Waals surface area contributed by atoms with Crippen LogP contribution in [0.25, 0.3) is 0 Å². The monoisotopic (exact) mass is 304 g/mol. The van der Waals surface area contributed by atoms with Gasteiger partial charge in [-0.05, 0) is 18.4 Å². The molecule has 0 unspecified atom stereocenters. The summed E-state index contributed by atoms with van der Waals surface area (Å²) in [6, 6.07) is 9.52. The highest BCUT2D eigenvalue weighted by Gasteiger charge is 2.33. The minimum atomic E-state index is -0.252. The zero-order chi connectivity index (χ0) is 15.4. The Bertz CT molecular complexity index is 488. The fourth-order valence-electron chi connectivity index (χ4n) is 3.16. The van der Waals surface area contributed by atoms with E-state index >= 15 is 0 Å². The molecule has 3 atom stereocenters. The van der Waals surface area contributed by atoms with Crippen molar-refractivity contribution in [1.29, 1.82) is 0 Å². The third-order valence-electron chi connectivity index (χ3n) is 4.45. The first kappa shape index (κ1) is 15.5. The van der Waals surface area contributed by atoms with Crippen LogP contribution in [0.2, 0.25) is 0 Å². The fraction of sp³-hybridized carbons (Fsp3) is 0.588. The number of amides is 1. The number of morpholine rings is 1. The number of ether oxygens (including phenoxy) is 2. The zero-order valence-corrected chi connectivity index (χ0v) is 12.8. The van der Waals surface area contributed by atoms with Crippen LogP contribution in [0, 0.1) is 0 Å². The molecule has 22 heavy (non-hydrogen) atoms. The lowest BCUT2D eigenvalue weighted by Crippen LogP contribution is -2.50.